The van der Waals surface area contributed by atoms with E-state index in [2.05, 4.69) is 34.1 Å². The van der Waals surface area contributed by atoms with Gasteiger partial charge in [-0.15, -0.1) is 11.8 Å². The summed E-state index contributed by atoms with van der Waals surface area (Å²) in [5, 5.41) is 0. The zero-order chi connectivity index (χ0) is 17.1. The minimum absolute atomic E-state index is 0.252. The molecule has 1 amide bonds. The maximum Gasteiger partial charge on any atom is 0.232 e. The Bertz CT molecular complexity index is 737. The molecule has 0 bridgehead atoms. The predicted molar refractivity (Wildman–Crippen MR) is 101 cm³/mol. The number of carbonyl (C=O) groups excluding carboxylic acids is 1. The van der Waals surface area contributed by atoms with Gasteiger partial charge in [-0.05, 0) is 36.1 Å². The van der Waals surface area contributed by atoms with Gasteiger partial charge in [0.2, 0.25) is 5.91 Å². The molecule has 4 nitrogen and oxygen atoms in total. The van der Waals surface area contributed by atoms with Gasteiger partial charge < -0.3 is 4.90 Å². The largest absolute Gasteiger partial charge is 0.340 e. The summed E-state index contributed by atoms with van der Waals surface area (Å²) in [5.41, 5.74) is 2.94. The van der Waals surface area contributed by atoms with E-state index < -0.39 is 0 Å². The Morgan fingerprint density at radius 3 is 2.76 bits per heavy atom. The van der Waals surface area contributed by atoms with E-state index in [0.29, 0.717) is 11.8 Å². The number of benzene rings is 1. The van der Waals surface area contributed by atoms with Crippen molar-refractivity contribution in [3.63, 3.8) is 0 Å². The number of carbonyl (C=O) groups is 1. The molecular weight excluding hydrogens is 330 g/mol. The fraction of sp³-hybridized carbons (Fsp3) is 0.400. The van der Waals surface area contributed by atoms with E-state index in [1.807, 2.05) is 17.0 Å². The predicted octanol–water partition coefficient (Wildman–Crippen LogP) is 2.83. The van der Waals surface area contributed by atoms with Crippen molar-refractivity contribution in [2.75, 3.05) is 25.4 Å². The third-order valence-corrected chi connectivity index (χ3v) is 6.20. The van der Waals surface area contributed by atoms with Gasteiger partial charge in [-0.1, -0.05) is 24.3 Å². The minimum atomic E-state index is 0.252. The van der Waals surface area contributed by atoms with Gasteiger partial charge in [-0.25, -0.2) is 0 Å². The van der Waals surface area contributed by atoms with Crippen LogP contribution in [-0.2, 0) is 17.8 Å². The van der Waals surface area contributed by atoms with Crippen LogP contribution in [0.15, 0.2) is 53.7 Å². The summed E-state index contributed by atoms with van der Waals surface area (Å²) in [4.78, 5) is 22.2. The van der Waals surface area contributed by atoms with Crippen LogP contribution in [0.5, 0.6) is 0 Å². The maximum atomic E-state index is 12.5. The standard InChI is InChI=1S/C20H23N3OS/c24-20(15-25-19-5-9-21-10-6-19)23-12-8-18(14-23)22-11-7-16-3-1-2-4-17(16)13-22/h1-6,9-10,18H,7-8,11-15H2/t18-/m1/s1. The van der Waals surface area contributed by atoms with Crippen molar-refractivity contribution in [3.05, 3.63) is 59.9 Å². The third kappa shape index (κ3) is 3.88. The zero-order valence-electron chi connectivity index (χ0n) is 14.3. The molecule has 0 saturated carbocycles. The van der Waals surface area contributed by atoms with E-state index in [1.54, 1.807) is 24.2 Å². The molecule has 0 N–H and O–H groups in total. The molecule has 0 unspecified atom stereocenters. The van der Waals surface area contributed by atoms with E-state index >= 15 is 0 Å². The first-order valence-electron chi connectivity index (χ1n) is 8.91. The highest BCUT2D eigenvalue weighted by atomic mass is 32.2. The topological polar surface area (TPSA) is 36.4 Å². The molecule has 1 saturated heterocycles. The maximum absolute atomic E-state index is 12.5. The molecule has 5 heteroatoms. The second-order valence-electron chi connectivity index (χ2n) is 6.74. The molecule has 0 spiro atoms. The van der Waals surface area contributed by atoms with Crippen molar-refractivity contribution in [1.82, 2.24) is 14.8 Å². The summed E-state index contributed by atoms with van der Waals surface area (Å²) >= 11 is 1.60. The van der Waals surface area contributed by atoms with Gasteiger partial charge in [0.1, 0.15) is 0 Å². The molecular formula is C20H23N3OS. The van der Waals surface area contributed by atoms with Crippen LogP contribution in [0.3, 0.4) is 0 Å². The van der Waals surface area contributed by atoms with Crippen LogP contribution in [0, 0.1) is 0 Å². The Kier molecular flexibility index (Phi) is 5.04. The highest BCUT2D eigenvalue weighted by Gasteiger charge is 2.31. The van der Waals surface area contributed by atoms with Crippen LogP contribution >= 0.6 is 11.8 Å². The molecule has 2 aliphatic heterocycles. The van der Waals surface area contributed by atoms with E-state index in [4.69, 9.17) is 0 Å². The average Bonchev–Trinajstić information content (AvgIpc) is 3.17. The average molecular weight is 353 g/mol. The Labute approximate surface area is 153 Å². The SMILES string of the molecule is O=C(CSc1ccncc1)N1CC[C@@H](N2CCc3ccccc3C2)C1. The minimum Gasteiger partial charge on any atom is -0.340 e. The van der Waals surface area contributed by atoms with Crippen molar-refractivity contribution >= 4 is 17.7 Å². The van der Waals surface area contributed by atoms with E-state index in [1.165, 1.54) is 11.1 Å². The van der Waals surface area contributed by atoms with Crippen LogP contribution in [-0.4, -0.2) is 52.1 Å². The summed E-state index contributed by atoms with van der Waals surface area (Å²) < 4.78 is 0. The van der Waals surface area contributed by atoms with Crippen molar-refractivity contribution in [2.45, 2.75) is 30.3 Å². The molecule has 25 heavy (non-hydrogen) atoms. The van der Waals surface area contributed by atoms with Crippen molar-refractivity contribution in [2.24, 2.45) is 0 Å². The zero-order valence-corrected chi connectivity index (χ0v) is 15.1. The number of rotatable bonds is 4. The lowest BCUT2D eigenvalue weighted by molar-refractivity contribution is -0.127. The molecule has 1 aromatic carbocycles. The number of nitrogens with zero attached hydrogens (tertiary/aromatic N) is 3. The van der Waals surface area contributed by atoms with E-state index in [0.717, 1.165) is 43.9 Å². The Balaban J connectivity index is 1.30. The number of pyridine rings is 1. The van der Waals surface area contributed by atoms with Crippen molar-refractivity contribution in [1.29, 1.82) is 0 Å². The number of hydrogen-bond donors (Lipinski definition) is 0. The number of fused-ring (bicyclic) bond motifs is 1. The number of aromatic nitrogens is 1. The Morgan fingerprint density at radius 1 is 1.12 bits per heavy atom. The normalized spacial score (nSPS) is 20.5. The lowest BCUT2D eigenvalue weighted by atomic mass is 9.98. The number of thioether (sulfide) groups is 1. The lowest BCUT2D eigenvalue weighted by Crippen LogP contribution is -2.41. The third-order valence-electron chi connectivity index (χ3n) is 5.20. The number of amides is 1. The van der Waals surface area contributed by atoms with Crippen LogP contribution in [0.2, 0.25) is 0 Å². The van der Waals surface area contributed by atoms with Gasteiger partial charge >= 0.3 is 0 Å². The van der Waals surface area contributed by atoms with Gasteiger partial charge in [-0.3, -0.25) is 14.7 Å². The van der Waals surface area contributed by atoms with Gasteiger partial charge in [0.15, 0.2) is 0 Å². The van der Waals surface area contributed by atoms with Crippen LogP contribution < -0.4 is 0 Å². The first-order valence-corrected chi connectivity index (χ1v) is 9.89. The summed E-state index contributed by atoms with van der Waals surface area (Å²) in [6.45, 7) is 3.89. The molecule has 0 radical (unpaired) electrons. The molecule has 2 aromatic rings. The number of likely N-dealkylation sites (tertiary alicyclic amines) is 1. The molecule has 3 heterocycles. The number of hydrogen-bond acceptors (Lipinski definition) is 4. The highest BCUT2D eigenvalue weighted by molar-refractivity contribution is 8.00. The first-order chi connectivity index (χ1) is 12.3. The van der Waals surface area contributed by atoms with E-state index in [-0.39, 0.29) is 5.91 Å². The highest BCUT2D eigenvalue weighted by Crippen LogP contribution is 2.25. The lowest BCUT2D eigenvalue weighted by Gasteiger charge is -2.33. The van der Waals surface area contributed by atoms with Crippen LogP contribution in [0.25, 0.3) is 0 Å². The van der Waals surface area contributed by atoms with Crippen LogP contribution in [0.4, 0.5) is 0 Å². The van der Waals surface area contributed by atoms with Gasteiger partial charge in [0.05, 0.1) is 5.75 Å². The molecule has 1 fully saturated rings. The summed E-state index contributed by atoms with van der Waals surface area (Å²) in [7, 11) is 0. The van der Waals surface area contributed by atoms with Gasteiger partial charge in [-0.2, -0.15) is 0 Å². The van der Waals surface area contributed by atoms with Crippen LogP contribution in [0.1, 0.15) is 17.5 Å². The van der Waals surface area contributed by atoms with Gasteiger partial charge in [0, 0.05) is 49.5 Å². The summed E-state index contributed by atoms with van der Waals surface area (Å²) in [5.74, 6) is 0.765. The molecule has 2 aliphatic rings. The molecule has 0 aliphatic carbocycles. The monoisotopic (exact) mass is 353 g/mol. The fourth-order valence-electron chi connectivity index (χ4n) is 3.77. The Hall–Kier alpha value is -1.85. The summed E-state index contributed by atoms with van der Waals surface area (Å²) in [6, 6.07) is 13.2. The second-order valence-corrected chi connectivity index (χ2v) is 7.79. The first kappa shape index (κ1) is 16.6. The Morgan fingerprint density at radius 2 is 1.92 bits per heavy atom. The second kappa shape index (κ2) is 7.58. The van der Waals surface area contributed by atoms with E-state index in [9.17, 15) is 4.79 Å². The van der Waals surface area contributed by atoms with Gasteiger partial charge in [0.25, 0.3) is 0 Å². The molecule has 130 valence electrons. The quantitative estimate of drug-likeness (QED) is 0.792. The summed E-state index contributed by atoms with van der Waals surface area (Å²) in [6.07, 6.45) is 5.76. The molecule has 1 atom stereocenters. The molecule has 4 rings (SSSR count). The molecule has 1 aromatic heterocycles. The van der Waals surface area contributed by atoms with Crippen molar-refractivity contribution in [3.8, 4) is 0 Å². The smallest absolute Gasteiger partial charge is 0.232 e. The van der Waals surface area contributed by atoms with Crippen molar-refractivity contribution < 1.29 is 4.79 Å². The fourth-order valence-corrected chi connectivity index (χ4v) is 4.55.